The number of hydrogen-bond acceptors (Lipinski definition) is 3. The van der Waals surface area contributed by atoms with Crippen LogP contribution in [0.25, 0.3) is 0 Å². The SMILES string of the molecule is CCOC(=O)NC1CC=CC2CNCC21. The van der Waals surface area contributed by atoms with Crippen LogP contribution in [0.1, 0.15) is 13.3 Å². The van der Waals surface area contributed by atoms with Gasteiger partial charge < -0.3 is 15.4 Å². The zero-order valence-electron chi connectivity index (χ0n) is 9.03. The second-order valence-corrected chi connectivity index (χ2v) is 4.12. The predicted molar refractivity (Wildman–Crippen MR) is 57.6 cm³/mol. The monoisotopic (exact) mass is 210 g/mol. The van der Waals surface area contributed by atoms with Crippen molar-refractivity contribution in [1.29, 1.82) is 0 Å². The van der Waals surface area contributed by atoms with Gasteiger partial charge in [-0.15, -0.1) is 0 Å². The van der Waals surface area contributed by atoms with Gasteiger partial charge in [-0.1, -0.05) is 12.2 Å². The van der Waals surface area contributed by atoms with E-state index in [1.807, 2.05) is 6.92 Å². The van der Waals surface area contributed by atoms with Gasteiger partial charge in [0, 0.05) is 19.1 Å². The van der Waals surface area contributed by atoms with Crippen molar-refractivity contribution in [3.05, 3.63) is 12.2 Å². The third-order valence-corrected chi connectivity index (χ3v) is 3.18. The number of carbonyl (C=O) groups is 1. The lowest BCUT2D eigenvalue weighted by Crippen LogP contribution is -2.44. The van der Waals surface area contributed by atoms with Crippen molar-refractivity contribution in [2.24, 2.45) is 11.8 Å². The van der Waals surface area contributed by atoms with Crippen LogP contribution in [0.4, 0.5) is 4.79 Å². The molecule has 4 nitrogen and oxygen atoms in total. The zero-order valence-corrected chi connectivity index (χ0v) is 9.03. The number of amides is 1. The molecule has 0 radical (unpaired) electrons. The molecule has 1 aliphatic carbocycles. The Balaban J connectivity index is 1.91. The largest absolute Gasteiger partial charge is 0.450 e. The first kappa shape index (κ1) is 10.5. The molecule has 3 atom stereocenters. The summed E-state index contributed by atoms with van der Waals surface area (Å²) < 4.78 is 4.90. The van der Waals surface area contributed by atoms with Crippen LogP contribution in [0.3, 0.4) is 0 Å². The molecule has 0 saturated carbocycles. The van der Waals surface area contributed by atoms with E-state index in [4.69, 9.17) is 4.74 Å². The van der Waals surface area contributed by atoms with Crippen molar-refractivity contribution in [2.75, 3.05) is 19.7 Å². The minimum absolute atomic E-state index is 0.231. The van der Waals surface area contributed by atoms with Gasteiger partial charge in [-0.05, 0) is 25.2 Å². The zero-order chi connectivity index (χ0) is 10.7. The lowest BCUT2D eigenvalue weighted by molar-refractivity contribution is 0.142. The first-order valence-electron chi connectivity index (χ1n) is 5.62. The first-order chi connectivity index (χ1) is 7.31. The number of hydrogen-bond donors (Lipinski definition) is 2. The lowest BCUT2D eigenvalue weighted by atomic mass is 9.83. The molecule has 2 rings (SSSR count). The highest BCUT2D eigenvalue weighted by atomic mass is 16.5. The highest BCUT2D eigenvalue weighted by Crippen LogP contribution is 2.27. The van der Waals surface area contributed by atoms with Gasteiger partial charge >= 0.3 is 6.09 Å². The third-order valence-electron chi connectivity index (χ3n) is 3.18. The molecule has 0 aromatic rings. The number of fused-ring (bicyclic) bond motifs is 1. The van der Waals surface area contributed by atoms with Gasteiger partial charge in [0.25, 0.3) is 0 Å². The van der Waals surface area contributed by atoms with Gasteiger partial charge in [0.2, 0.25) is 0 Å². The molecule has 1 heterocycles. The molecule has 2 aliphatic rings. The number of carbonyl (C=O) groups excluding carboxylic acids is 1. The van der Waals surface area contributed by atoms with Crippen LogP contribution in [-0.2, 0) is 4.74 Å². The summed E-state index contributed by atoms with van der Waals surface area (Å²) in [5.41, 5.74) is 0. The van der Waals surface area contributed by atoms with Gasteiger partial charge in [-0.2, -0.15) is 0 Å². The average Bonchev–Trinajstić information content (AvgIpc) is 2.67. The summed E-state index contributed by atoms with van der Waals surface area (Å²) in [7, 11) is 0. The lowest BCUT2D eigenvalue weighted by Gasteiger charge is -2.29. The molecule has 1 amide bonds. The van der Waals surface area contributed by atoms with Gasteiger partial charge in [-0.3, -0.25) is 0 Å². The highest BCUT2D eigenvalue weighted by Gasteiger charge is 2.34. The molecule has 0 bridgehead atoms. The Morgan fingerprint density at radius 3 is 3.27 bits per heavy atom. The molecule has 84 valence electrons. The normalized spacial score (nSPS) is 33.5. The maximum Gasteiger partial charge on any atom is 0.407 e. The smallest absolute Gasteiger partial charge is 0.407 e. The Bertz CT molecular complexity index is 265. The van der Waals surface area contributed by atoms with Crippen LogP contribution in [0, 0.1) is 11.8 Å². The van der Waals surface area contributed by atoms with E-state index in [9.17, 15) is 4.79 Å². The fourth-order valence-corrected chi connectivity index (χ4v) is 2.44. The summed E-state index contributed by atoms with van der Waals surface area (Å²) in [6.07, 6.45) is 5.05. The molecule has 15 heavy (non-hydrogen) atoms. The van der Waals surface area contributed by atoms with E-state index in [2.05, 4.69) is 22.8 Å². The quantitative estimate of drug-likeness (QED) is 0.666. The molecule has 3 unspecified atom stereocenters. The minimum atomic E-state index is -0.288. The number of ether oxygens (including phenoxy) is 1. The summed E-state index contributed by atoms with van der Waals surface area (Å²) in [5, 5.41) is 6.29. The molecule has 1 aliphatic heterocycles. The second kappa shape index (κ2) is 4.66. The number of nitrogens with one attached hydrogen (secondary N) is 2. The van der Waals surface area contributed by atoms with Crippen molar-refractivity contribution in [1.82, 2.24) is 10.6 Å². The molecular formula is C11H18N2O2. The molecule has 1 fully saturated rings. The minimum Gasteiger partial charge on any atom is -0.450 e. The van der Waals surface area contributed by atoms with Crippen molar-refractivity contribution >= 4 is 6.09 Å². The van der Waals surface area contributed by atoms with Crippen molar-refractivity contribution < 1.29 is 9.53 Å². The summed E-state index contributed by atoms with van der Waals surface area (Å²) in [6.45, 7) is 4.27. The van der Waals surface area contributed by atoms with E-state index in [0.29, 0.717) is 18.4 Å². The number of alkyl carbamates (subject to hydrolysis) is 1. The maximum absolute atomic E-state index is 11.3. The number of rotatable bonds is 2. The Labute approximate surface area is 90.1 Å². The summed E-state index contributed by atoms with van der Waals surface area (Å²) in [5.74, 6) is 1.10. The fourth-order valence-electron chi connectivity index (χ4n) is 2.44. The van der Waals surface area contributed by atoms with Crippen LogP contribution in [0.2, 0.25) is 0 Å². The van der Waals surface area contributed by atoms with Crippen molar-refractivity contribution in [3.63, 3.8) is 0 Å². The van der Waals surface area contributed by atoms with E-state index in [0.717, 1.165) is 19.5 Å². The summed E-state index contributed by atoms with van der Waals surface area (Å²) in [6, 6.07) is 0.231. The Kier molecular flexibility index (Phi) is 3.26. The Morgan fingerprint density at radius 1 is 1.60 bits per heavy atom. The van der Waals surface area contributed by atoms with Crippen LogP contribution < -0.4 is 10.6 Å². The van der Waals surface area contributed by atoms with E-state index in [1.165, 1.54) is 0 Å². The van der Waals surface area contributed by atoms with Crippen LogP contribution in [-0.4, -0.2) is 31.8 Å². The average molecular weight is 210 g/mol. The van der Waals surface area contributed by atoms with Crippen molar-refractivity contribution in [2.45, 2.75) is 19.4 Å². The van der Waals surface area contributed by atoms with Crippen molar-refractivity contribution in [3.8, 4) is 0 Å². The van der Waals surface area contributed by atoms with E-state index in [-0.39, 0.29) is 12.1 Å². The van der Waals surface area contributed by atoms with E-state index in [1.54, 1.807) is 0 Å². The third kappa shape index (κ3) is 2.31. The van der Waals surface area contributed by atoms with E-state index >= 15 is 0 Å². The van der Waals surface area contributed by atoms with Crippen LogP contribution in [0.15, 0.2) is 12.2 Å². The summed E-state index contributed by atoms with van der Waals surface area (Å²) in [4.78, 5) is 11.3. The van der Waals surface area contributed by atoms with Gasteiger partial charge in [0.15, 0.2) is 0 Å². The molecule has 2 N–H and O–H groups in total. The first-order valence-corrected chi connectivity index (χ1v) is 5.62. The van der Waals surface area contributed by atoms with Crippen LogP contribution in [0.5, 0.6) is 0 Å². The Hall–Kier alpha value is -1.03. The van der Waals surface area contributed by atoms with Gasteiger partial charge in [0.1, 0.15) is 0 Å². The molecule has 0 aromatic heterocycles. The second-order valence-electron chi connectivity index (χ2n) is 4.12. The molecule has 0 aromatic carbocycles. The van der Waals surface area contributed by atoms with E-state index < -0.39 is 0 Å². The predicted octanol–water partition coefficient (Wildman–Crippen LogP) is 0.897. The standard InChI is InChI=1S/C11H18N2O2/c1-2-15-11(14)13-10-5-3-4-8-6-12-7-9(8)10/h3-4,8-10,12H,2,5-7H2,1H3,(H,13,14). The highest BCUT2D eigenvalue weighted by molar-refractivity contribution is 5.67. The van der Waals surface area contributed by atoms with Gasteiger partial charge in [0.05, 0.1) is 6.61 Å². The maximum atomic E-state index is 11.3. The van der Waals surface area contributed by atoms with Gasteiger partial charge in [-0.25, -0.2) is 4.79 Å². The molecule has 0 spiro atoms. The molecule has 1 saturated heterocycles. The topological polar surface area (TPSA) is 50.4 Å². The van der Waals surface area contributed by atoms with Crippen LogP contribution >= 0.6 is 0 Å². The molecule has 4 heteroatoms. The molecular weight excluding hydrogens is 192 g/mol. The Morgan fingerprint density at radius 2 is 2.47 bits per heavy atom. The summed E-state index contributed by atoms with van der Waals surface area (Å²) >= 11 is 0. The fraction of sp³-hybridized carbons (Fsp3) is 0.727.